The molecule has 0 radical (unpaired) electrons. The van der Waals surface area contributed by atoms with Crippen molar-refractivity contribution >= 4 is 17.3 Å². The highest BCUT2D eigenvalue weighted by atomic mass is 16.6. The minimum atomic E-state index is -0.489. The van der Waals surface area contributed by atoms with E-state index in [0.717, 1.165) is 0 Å². The molecule has 0 aliphatic rings. The first kappa shape index (κ1) is 13.0. The summed E-state index contributed by atoms with van der Waals surface area (Å²) in [6.07, 6.45) is 0. The number of benzene rings is 1. The fraction of sp³-hybridized carbons (Fsp3) is 0.364. The minimum Gasteiger partial charge on any atom is -0.464 e. The third kappa shape index (κ3) is 3.75. The Morgan fingerprint density at radius 1 is 1.47 bits per heavy atom. The monoisotopic (exact) mass is 238 g/mol. The summed E-state index contributed by atoms with van der Waals surface area (Å²) in [5.74, 6) is -0.356. The number of nitro benzene ring substituents is 1. The molecule has 0 saturated heterocycles. The molecule has 0 fully saturated rings. The van der Waals surface area contributed by atoms with Crippen LogP contribution in [0.25, 0.3) is 0 Å². The molecule has 0 aliphatic carbocycles. The van der Waals surface area contributed by atoms with Gasteiger partial charge in [-0.1, -0.05) is 0 Å². The molecule has 1 aromatic carbocycles. The summed E-state index contributed by atoms with van der Waals surface area (Å²) in [5, 5.41) is 13.3. The number of carbonyl (C=O) groups excluding carboxylic acids is 1. The van der Waals surface area contributed by atoms with Crippen LogP contribution in [0.3, 0.4) is 0 Å². The first-order valence-corrected chi connectivity index (χ1v) is 5.22. The molecule has 0 heterocycles. The summed E-state index contributed by atoms with van der Waals surface area (Å²) in [4.78, 5) is 21.3. The maximum Gasteiger partial charge on any atom is 0.328 e. The number of rotatable bonds is 5. The molecule has 1 rings (SSSR count). The van der Waals surface area contributed by atoms with E-state index < -0.39 is 11.0 Å². The van der Waals surface area contributed by atoms with Crippen molar-refractivity contribution in [1.82, 2.24) is 0 Å². The Kier molecular flexibility index (Phi) is 4.45. The summed E-state index contributed by atoms with van der Waals surface area (Å²) in [6.45, 7) is 3.72. The van der Waals surface area contributed by atoms with Crippen molar-refractivity contribution in [2.24, 2.45) is 0 Å². The van der Waals surface area contributed by atoms with Crippen molar-refractivity contribution in [1.29, 1.82) is 0 Å². The van der Waals surface area contributed by atoms with Gasteiger partial charge in [0.05, 0.1) is 11.5 Å². The fourth-order valence-corrected chi connectivity index (χ4v) is 1.26. The maximum absolute atomic E-state index is 11.3. The van der Waals surface area contributed by atoms with Gasteiger partial charge in [-0.2, -0.15) is 0 Å². The van der Waals surface area contributed by atoms with E-state index in [-0.39, 0.29) is 11.7 Å². The number of carbonyl (C=O) groups is 1. The highest BCUT2D eigenvalue weighted by molar-refractivity contribution is 5.78. The lowest BCUT2D eigenvalue weighted by molar-refractivity contribution is -0.384. The molecule has 6 nitrogen and oxygen atoms in total. The van der Waals surface area contributed by atoms with Gasteiger partial charge >= 0.3 is 5.97 Å². The van der Waals surface area contributed by atoms with Crippen LogP contribution in [0.15, 0.2) is 24.3 Å². The average Bonchev–Trinajstić information content (AvgIpc) is 2.30. The van der Waals surface area contributed by atoms with Crippen LogP contribution < -0.4 is 5.32 Å². The predicted molar refractivity (Wildman–Crippen MR) is 62.8 cm³/mol. The molecule has 6 heteroatoms. The normalized spacial score (nSPS) is 11.6. The molecule has 92 valence electrons. The van der Waals surface area contributed by atoms with Crippen molar-refractivity contribution in [3.63, 3.8) is 0 Å². The molecule has 0 spiro atoms. The quantitative estimate of drug-likeness (QED) is 0.481. The van der Waals surface area contributed by atoms with E-state index in [9.17, 15) is 14.9 Å². The zero-order valence-corrected chi connectivity index (χ0v) is 9.67. The second kappa shape index (κ2) is 5.83. The van der Waals surface area contributed by atoms with Crippen LogP contribution in [0.5, 0.6) is 0 Å². The lowest BCUT2D eigenvalue weighted by Crippen LogP contribution is -2.28. The lowest BCUT2D eigenvalue weighted by atomic mass is 10.2. The number of hydrogen-bond donors (Lipinski definition) is 1. The standard InChI is InChI=1S/C11H14N2O4/c1-3-17-11(14)8(2)12-9-4-6-10(7-5-9)13(15)16/h4-8,12H,3H2,1-2H3. The number of nitro groups is 1. The van der Waals surface area contributed by atoms with Crippen LogP contribution in [0.1, 0.15) is 13.8 Å². The second-order valence-corrected chi connectivity index (χ2v) is 3.42. The molecule has 0 aliphatic heterocycles. The Hall–Kier alpha value is -2.11. The Balaban J connectivity index is 2.63. The van der Waals surface area contributed by atoms with Crippen LogP contribution in [0.2, 0.25) is 0 Å². The fourth-order valence-electron chi connectivity index (χ4n) is 1.26. The van der Waals surface area contributed by atoms with Crippen LogP contribution in [0, 0.1) is 10.1 Å². The molecule has 1 unspecified atom stereocenters. The van der Waals surface area contributed by atoms with Gasteiger partial charge in [0.1, 0.15) is 6.04 Å². The molecule has 17 heavy (non-hydrogen) atoms. The van der Waals surface area contributed by atoms with Crippen molar-refractivity contribution in [2.75, 3.05) is 11.9 Å². The Labute approximate surface area is 98.7 Å². The summed E-state index contributed by atoms with van der Waals surface area (Å²) in [5.41, 5.74) is 0.649. The van der Waals surface area contributed by atoms with E-state index in [2.05, 4.69) is 5.32 Å². The van der Waals surface area contributed by atoms with E-state index in [0.29, 0.717) is 12.3 Å². The molecular formula is C11H14N2O4. The molecule has 1 N–H and O–H groups in total. The number of esters is 1. The predicted octanol–water partition coefficient (Wildman–Crippen LogP) is 1.96. The number of anilines is 1. The van der Waals surface area contributed by atoms with Crippen LogP contribution >= 0.6 is 0 Å². The number of hydrogen-bond acceptors (Lipinski definition) is 5. The molecular weight excluding hydrogens is 224 g/mol. The summed E-state index contributed by atoms with van der Waals surface area (Å²) < 4.78 is 4.83. The SMILES string of the molecule is CCOC(=O)C(C)Nc1ccc([N+](=O)[O-])cc1. The van der Waals surface area contributed by atoms with E-state index in [1.165, 1.54) is 12.1 Å². The zero-order valence-electron chi connectivity index (χ0n) is 9.67. The molecule has 1 atom stereocenters. The molecule has 0 aromatic heterocycles. The van der Waals surface area contributed by atoms with Crippen molar-refractivity contribution in [2.45, 2.75) is 19.9 Å². The van der Waals surface area contributed by atoms with Gasteiger partial charge in [-0.25, -0.2) is 4.79 Å². The van der Waals surface area contributed by atoms with Crippen LogP contribution in [-0.4, -0.2) is 23.5 Å². The second-order valence-electron chi connectivity index (χ2n) is 3.42. The summed E-state index contributed by atoms with van der Waals surface area (Å²) in [6, 6.07) is 5.36. The zero-order chi connectivity index (χ0) is 12.8. The molecule has 0 amide bonds. The van der Waals surface area contributed by atoms with Gasteiger partial charge in [0.15, 0.2) is 0 Å². The topological polar surface area (TPSA) is 81.5 Å². The third-order valence-corrected chi connectivity index (χ3v) is 2.10. The third-order valence-electron chi connectivity index (χ3n) is 2.10. The van der Waals surface area contributed by atoms with Gasteiger partial charge in [-0.3, -0.25) is 10.1 Å². The van der Waals surface area contributed by atoms with Crippen molar-refractivity contribution < 1.29 is 14.5 Å². The van der Waals surface area contributed by atoms with Gasteiger partial charge in [0.25, 0.3) is 5.69 Å². The lowest BCUT2D eigenvalue weighted by Gasteiger charge is -2.13. The number of non-ortho nitro benzene ring substituents is 1. The van der Waals surface area contributed by atoms with Crippen molar-refractivity contribution in [3.05, 3.63) is 34.4 Å². The van der Waals surface area contributed by atoms with Crippen molar-refractivity contribution in [3.8, 4) is 0 Å². The number of nitrogens with one attached hydrogen (secondary N) is 1. The highest BCUT2D eigenvalue weighted by Gasteiger charge is 2.13. The average molecular weight is 238 g/mol. The minimum absolute atomic E-state index is 0.0133. The van der Waals surface area contributed by atoms with E-state index in [1.807, 2.05) is 0 Å². The summed E-state index contributed by atoms with van der Waals surface area (Å²) >= 11 is 0. The smallest absolute Gasteiger partial charge is 0.328 e. The van der Waals surface area contributed by atoms with E-state index in [4.69, 9.17) is 4.74 Å². The van der Waals surface area contributed by atoms with Gasteiger partial charge in [-0.05, 0) is 26.0 Å². The number of ether oxygens (including phenoxy) is 1. The molecule has 0 saturated carbocycles. The number of nitrogens with zero attached hydrogens (tertiary/aromatic N) is 1. The first-order chi connectivity index (χ1) is 8.04. The molecule has 0 bridgehead atoms. The Morgan fingerprint density at radius 3 is 2.53 bits per heavy atom. The first-order valence-electron chi connectivity index (χ1n) is 5.22. The van der Waals surface area contributed by atoms with Gasteiger partial charge in [0, 0.05) is 17.8 Å². The van der Waals surface area contributed by atoms with Crippen LogP contribution in [-0.2, 0) is 9.53 Å². The van der Waals surface area contributed by atoms with E-state index >= 15 is 0 Å². The van der Waals surface area contributed by atoms with Gasteiger partial charge < -0.3 is 10.1 Å². The Bertz CT molecular complexity index is 402. The summed E-state index contributed by atoms with van der Waals surface area (Å²) in [7, 11) is 0. The van der Waals surface area contributed by atoms with E-state index in [1.54, 1.807) is 26.0 Å². The highest BCUT2D eigenvalue weighted by Crippen LogP contribution is 2.16. The molecule has 1 aromatic rings. The maximum atomic E-state index is 11.3. The van der Waals surface area contributed by atoms with Gasteiger partial charge in [0.2, 0.25) is 0 Å². The van der Waals surface area contributed by atoms with Crippen LogP contribution in [0.4, 0.5) is 11.4 Å². The van der Waals surface area contributed by atoms with Gasteiger partial charge in [-0.15, -0.1) is 0 Å². The largest absolute Gasteiger partial charge is 0.464 e. The Morgan fingerprint density at radius 2 is 2.06 bits per heavy atom.